The highest BCUT2D eigenvalue weighted by Gasteiger charge is 1.97. The highest BCUT2D eigenvalue weighted by Crippen LogP contribution is 2.06. The predicted octanol–water partition coefficient (Wildman–Crippen LogP) is 0.602. The SMILES string of the molecule is CSCC=C1C=CC(=[NH2+])C=C1. The summed E-state index contributed by atoms with van der Waals surface area (Å²) in [5, 5.41) is 5.54. The lowest BCUT2D eigenvalue weighted by Gasteiger charge is -1.96. The lowest BCUT2D eigenvalue weighted by molar-refractivity contribution is -0.110. The van der Waals surface area contributed by atoms with E-state index in [2.05, 4.69) is 12.3 Å². The molecule has 1 nitrogen and oxygen atoms in total. The lowest BCUT2D eigenvalue weighted by Crippen LogP contribution is -2.37. The van der Waals surface area contributed by atoms with Crippen LogP contribution in [-0.2, 0) is 0 Å². The Morgan fingerprint density at radius 2 is 2.00 bits per heavy atom. The van der Waals surface area contributed by atoms with Crippen LogP contribution in [0.15, 0.2) is 36.0 Å². The van der Waals surface area contributed by atoms with Crippen molar-refractivity contribution in [1.29, 1.82) is 0 Å². The maximum Gasteiger partial charge on any atom is 0.196 e. The van der Waals surface area contributed by atoms with E-state index in [-0.39, 0.29) is 0 Å². The molecule has 0 saturated heterocycles. The summed E-state index contributed by atoms with van der Waals surface area (Å²) in [6.45, 7) is 0. The minimum atomic E-state index is 0.825. The van der Waals surface area contributed by atoms with Gasteiger partial charge in [0.15, 0.2) is 5.71 Å². The molecule has 0 amide bonds. The maximum atomic E-state index is 5.54. The molecule has 1 aliphatic rings. The van der Waals surface area contributed by atoms with Gasteiger partial charge in [0, 0.05) is 17.9 Å². The molecule has 0 radical (unpaired) electrons. The Morgan fingerprint density at radius 3 is 2.55 bits per heavy atom. The molecule has 2 heteroatoms. The molecule has 0 saturated carbocycles. The Bertz CT molecular complexity index is 218. The summed E-state index contributed by atoms with van der Waals surface area (Å²) in [4.78, 5) is 0. The molecule has 0 atom stereocenters. The second kappa shape index (κ2) is 4.19. The number of allylic oxidation sites excluding steroid dienone is 5. The van der Waals surface area contributed by atoms with Crippen LogP contribution in [0.4, 0.5) is 0 Å². The van der Waals surface area contributed by atoms with Crippen molar-refractivity contribution in [2.24, 2.45) is 0 Å². The van der Waals surface area contributed by atoms with E-state index < -0.39 is 0 Å². The third kappa shape index (κ3) is 2.76. The molecule has 0 aromatic heterocycles. The summed E-state index contributed by atoms with van der Waals surface area (Å²) in [6, 6.07) is 0. The van der Waals surface area contributed by atoms with Crippen LogP contribution >= 0.6 is 11.8 Å². The number of nitrogens with two attached hydrogens (primary N) is 1. The van der Waals surface area contributed by atoms with Gasteiger partial charge in [-0.3, -0.25) is 5.41 Å². The number of rotatable bonds is 2. The molecule has 11 heavy (non-hydrogen) atoms. The highest BCUT2D eigenvalue weighted by atomic mass is 32.2. The molecule has 0 heterocycles. The van der Waals surface area contributed by atoms with Crippen molar-refractivity contribution in [1.82, 2.24) is 0 Å². The van der Waals surface area contributed by atoms with Crippen molar-refractivity contribution < 1.29 is 5.41 Å². The standard InChI is InChI=1S/C9H11NS/c1-11-7-6-8-2-4-9(10)5-3-8/h2-6,10H,7H2,1H3/p+1. The second-order valence-corrected chi connectivity index (χ2v) is 3.24. The van der Waals surface area contributed by atoms with Crippen molar-refractivity contribution >= 4 is 17.5 Å². The molecule has 0 aromatic carbocycles. The van der Waals surface area contributed by atoms with Crippen molar-refractivity contribution in [3.8, 4) is 0 Å². The molecule has 0 unspecified atom stereocenters. The monoisotopic (exact) mass is 166 g/mol. The topological polar surface area (TPSA) is 25.6 Å². The van der Waals surface area contributed by atoms with Gasteiger partial charge >= 0.3 is 0 Å². The van der Waals surface area contributed by atoms with Crippen LogP contribution in [0.5, 0.6) is 0 Å². The first kappa shape index (κ1) is 8.34. The zero-order valence-electron chi connectivity index (χ0n) is 6.58. The summed E-state index contributed by atoms with van der Waals surface area (Å²) in [7, 11) is 0. The number of hydrogen-bond donors (Lipinski definition) is 1. The van der Waals surface area contributed by atoms with Gasteiger partial charge in [0.2, 0.25) is 0 Å². The molecule has 1 aliphatic carbocycles. The van der Waals surface area contributed by atoms with Gasteiger partial charge in [-0.2, -0.15) is 11.8 Å². The predicted molar refractivity (Wildman–Crippen MR) is 51.7 cm³/mol. The number of hydrogen-bond acceptors (Lipinski definition) is 1. The van der Waals surface area contributed by atoms with E-state index in [0.29, 0.717) is 0 Å². The van der Waals surface area contributed by atoms with Gasteiger partial charge < -0.3 is 0 Å². The smallest absolute Gasteiger partial charge is 0.196 e. The minimum Gasteiger partial charge on any atom is -0.254 e. The van der Waals surface area contributed by atoms with Crippen LogP contribution < -0.4 is 5.41 Å². The van der Waals surface area contributed by atoms with Crippen LogP contribution in [0.2, 0.25) is 0 Å². The summed E-state index contributed by atoms with van der Waals surface area (Å²) in [5.74, 6) is 1.06. The van der Waals surface area contributed by atoms with Crippen LogP contribution in [0.25, 0.3) is 0 Å². The Labute approximate surface area is 71.4 Å². The van der Waals surface area contributed by atoms with Crippen molar-refractivity contribution in [3.63, 3.8) is 0 Å². The third-order valence-electron chi connectivity index (χ3n) is 1.42. The molecular formula is C9H12NS+. The average Bonchev–Trinajstić information content (AvgIpc) is 2.04. The third-order valence-corrected chi connectivity index (χ3v) is 1.92. The van der Waals surface area contributed by atoms with Crippen LogP contribution in [0.1, 0.15) is 0 Å². The molecule has 0 aliphatic heterocycles. The van der Waals surface area contributed by atoms with Gasteiger partial charge in [-0.05, 0) is 24.0 Å². The van der Waals surface area contributed by atoms with Crippen molar-refractivity contribution in [2.45, 2.75) is 0 Å². The number of thioether (sulfide) groups is 1. The normalized spacial score (nSPS) is 15.7. The summed E-state index contributed by atoms with van der Waals surface area (Å²) < 4.78 is 0. The Morgan fingerprint density at radius 1 is 1.36 bits per heavy atom. The quantitative estimate of drug-likeness (QED) is 0.638. The summed E-state index contributed by atoms with van der Waals surface area (Å²) in [5.41, 5.74) is 2.07. The van der Waals surface area contributed by atoms with Crippen LogP contribution in [0.3, 0.4) is 0 Å². The Kier molecular flexibility index (Phi) is 3.17. The van der Waals surface area contributed by atoms with Gasteiger partial charge in [0.05, 0.1) is 0 Å². The lowest BCUT2D eigenvalue weighted by atomic mass is 10.1. The zero-order chi connectivity index (χ0) is 8.10. The van der Waals surface area contributed by atoms with Gasteiger partial charge in [-0.15, -0.1) is 0 Å². The fourth-order valence-corrected chi connectivity index (χ4v) is 1.17. The first-order valence-electron chi connectivity index (χ1n) is 3.50. The summed E-state index contributed by atoms with van der Waals surface area (Å²) >= 11 is 1.81. The first-order valence-corrected chi connectivity index (χ1v) is 4.90. The zero-order valence-corrected chi connectivity index (χ0v) is 7.40. The largest absolute Gasteiger partial charge is 0.254 e. The summed E-state index contributed by atoms with van der Waals surface area (Å²) in [6.07, 6.45) is 12.2. The average molecular weight is 166 g/mol. The van der Waals surface area contributed by atoms with Crippen LogP contribution in [-0.4, -0.2) is 17.7 Å². The van der Waals surface area contributed by atoms with Gasteiger partial charge in [-0.1, -0.05) is 6.08 Å². The highest BCUT2D eigenvalue weighted by molar-refractivity contribution is 7.98. The van der Waals surface area contributed by atoms with Crippen LogP contribution in [0, 0.1) is 0 Å². The maximum absolute atomic E-state index is 5.54. The fourth-order valence-electron chi connectivity index (χ4n) is 0.812. The molecule has 0 spiro atoms. The second-order valence-electron chi connectivity index (χ2n) is 2.33. The molecule has 0 bridgehead atoms. The van der Waals surface area contributed by atoms with Crippen molar-refractivity contribution in [2.75, 3.05) is 12.0 Å². The van der Waals surface area contributed by atoms with Gasteiger partial charge in [-0.25, -0.2) is 0 Å². The van der Waals surface area contributed by atoms with Gasteiger partial charge in [0.1, 0.15) is 0 Å². The molecule has 0 aromatic rings. The van der Waals surface area contributed by atoms with Crippen molar-refractivity contribution in [3.05, 3.63) is 36.0 Å². The van der Waals surface area contributed by atoms with E-state index >= 15 is 0 Å². The molecule has 58 valence electrons. The molecule has 0 fully saturated rings. The van der Waals surface area contributed by atoms with Gasteiger partial charge in [0.25, 0.3) is 0 Å². The Balaban J connectivity index is 2.57. The van der Waals surface area contributed by atoms with E-state index in [9.17, 15) is 0 Å². The molecule has 2 N–H and O–H groups in total. The van der Waals surface area contributed by atoms with E-state index in [4.69, 9.17) is 5.41 Å². The molecule has 1 rings (SSSR count). The fraction of sp³-hybridized carbons (Fsp3) is 0.222. The first-order chi connectivity index (χ1) is 5.33. The molecular weight excluding hydrogens is 154 g/mol. The van der Waals surface area contributed by atoms with E-state index in [0.717, 1.165) is 11.5 Å². The Hall–Kier alpha value is -0.760. The van der Waals surface area contributed by atoms with E-state index in [1.165, 1.54) is 5.57 Å². The van der Waals surface area contributed by atoms with E-state index in [1.54, 1.807) is 0 Å². The van der Waals surface area contributed by atoms with E-state index in [1.807, 2.05) is 36.1 Å². The minimum absolute atomic E-state index is 0.825.